The third-order valence-corrected chi connectivity index (χ3v) is 3.60. The Hall–Kier alpha value is -2.34. The van der Waals surface area contributed by atoms with Gasteiger partial charge >= 0.3 is 0 Å². The van der Waals surface area contributed by atoms with E-state index < -0.39 is 6.04 Å². The summed E-state index contributed by atoms with van der Waals surface area (Å²) in [6.07, 6.45) is 3.18. The minimum absolute atomic E-state index is 0.0481. The van der Waals surface area contributed by atoms with Crippen molar-refractivity contribution in [2.75, 3.05) is 0 Å². The van der Waals surface area contributed by atoms with Gasteiger partial charge < -0.3 is 15.6 Å². The predicted molar refractivity (Wildman–Crippen MR) is 88.0 cm³/mol. The Kier molecular flexibility index (Phi) is 5.76. The molecule has 6 nitrogen and oxygen atoms in total. The van der Waals surface area contributed by atoms with Crippen molar-refractivity contribution in [1.82, 2.24) is 20.6 Å². The number of H-pyrrole nitrogens is 1. The van der Waals surface area contributed by atoms with Gasteiger partial charge in [-0.3, -0.25) is 9.59 Å². The van der Waals surface area contributed by atoms with Crippen LogP contribution < -0.4 is 10.6 Å². The van der Waals surface area contributed by atoms with Gasteiger partial charge in [0.05, 0.1) is 18.6 Å². The molecule has 0 aliphatic carbocycles. The number of aromatic nitrogens is 2. The number of nitrogens with one attached hydrogen (secondary N) is 3. The molecule has 2 aromatic rings. The van der Waals surface area contributed by atoms with E-state index in [2.05, 4.69) is 20.6 Å². The first kappa shape index (κ1) is 17.0. The summed E-state index contributed by atoms with van der Waals surface area (Å²) in [5.74, 6) is -0.595. The molecule has 0 saturated carbocycles. The molecular weight excluding hydrogens is 316 g/mol. The Bertz CT molecular complexity index is 653. The molecule has 7 heteroatoms. The van der Waals surface area contributed by atoms with E-state index in [0.29, 0.717) is 17.1 Å². The minimum atomic E-state index is -0.624. The smallest absolute Gasteiger partial charge is 0.251 e. The van der Waals surface area contributed by atoms with Crippen molar-refractivity contribution in [1.29, 1.82) is 0 Å². The van der Waals surface area contributed by atoms with E-state index in [-0.39, 0.29) is 17.7 Å². The normalized spacial score (nSPS) is 12.0. The highest BCUT2D eigenvalue weighted by Crippen LogP contribution is 2.10. The molecule has 0 bridgehead atoms. The van der Waals surface area contributed by atoms with Crippen molar-refractivity contribution < 1.29 is 9.59 Å². The molecule has 1 heterocycles. The number of imidazole rings is 1. The van der Waals surface area contributed by atoms with Crippen LogP contribution in [0.4, 0.5) is 0 Å². The topological polar surface area (TPSA) is 86.9 Å². The summed E-state index contributed by atoms with van der Waals surface area (Å²) < 4.78 is 0. The van der Waals surface area contributed by atoms with Crippen molar-refractivity contribution in [2.45, 2.75) is 26.4 Å². The van der Waals surface area contributed by atoms with Gasteiger partial charge in [-0.15, -0.1) is 0 Å². The summed E-state index contributed by atoms with van der Waals surface area (Å²) in [5.41, 5.74) is 1.26. The highest BCUT2D eigenvalue weighted by atomic mass is 35.5. The number of aromatic amines is 1. The number of rotatable bonds is 6. The first-order valence-corrected chi connectivity index (χ1v) is 7.66. The molecule has 1 aromatic heterocycles. The fourth-order valence-corrected chi connectivity index (χ4v) is 2.16. The van der Waals surface area contributed by atoms with Gasteiger partial charge in [0, 0.05) is 16.8 Å². The van der Waals surface area contributed by atoms with Crippen LogP contribution in [0.3, 0.4) is 0 Å². The minimum Gasteiger partial charge on any atom is -0.349 e. The third-order valence-electron chi connectivity index (χ3n) is 3.35. The van der Waals surface area contributed by atoms with Crippen molar-refractivity contribution in [3.63, 3.8) is 0 Å². The van der Waals surface area contributed by atoms with E-state index in [0.717, 1.165) is 5.69 Å². The Balaban J connectivity index is 1.98. The summed E-state index contributed by atoms with van der Waals surface area (Å²) in [6, 6.07) is 5.90. The van der Waals surface area contributed by atoms with Crippen molar-refractivity contribution in [3.05, 3.63) is 53.1 Å². The fourth-order valence-electron chi connectivity index (χ4n) is 2.03. The molecule has 1 aromatic carbocycles. The number of halogens is 1. The van der Waals surface area contributed by atoms with Crippen molar-refractivity contribution in [3.8, 4) is 0 Å². The Morgan fingerprint density at radius 3 is 2.52 bits per heavy atom. The van der Waals surface area contributed by atoms with Gasteiger partial charge in [0.2, 0.25) is 5.91 Å². The summed E-state index contributed by atoms with van der Waals surface area (Å²) in [7, 11) is 0. The molecule has 3 N–H and O–H groups in total. The lowest BCUT2D eigenvalue weighted by atomic mass is 10.0. The molecule has 0 aliphatic rings. The number of hydrogen-bond donors (Lipinski definition) is 3. The second kappa shape index (κ2) is 7.78. The van der Waals surface area contributed by atoms with Crippen LogP contribution in [0.1, 0.15) is 29.9 Å². The predicted octanol–water partition coefficient (Wildman–Crippen LogP) is 2.13. The zero-order valence-electron chi connectivity index (χ0n) is 13.0. The van der Waals surface area contributed by atoms with Crippen LogP contribution in [-0.2, 0) is 11.3 Å². The lowest BCUT2D eigenvalue weighted by Crippen LogP contribution is -2.49. The zero-order chi connectivity index (χ0) is 16.8. The lowest BCUT2D eigenvalue weighted by molar-refractivity contribution is -0.124. The number of benzene rings is 1. The van der Waals surface area contributed by atoms with Gasteiger partial charge in [-0.05, 0) is 30.2 Å². The lowest BCUT2D eigenvalue weighted by Gasteiger charge is -2.21. The molecule has 0 unspecified atom stereocenters. The van der Waals surface area contributed by atoms with Crippen LogP contribution in [0.5, 0.6) is 0 Å². The maximum atomic E-state index is 12.3. The molecular formula is C16H19ClN4O2. The van der Waals surface area contributed by atoms with Gasteiger partial charge in [-0.1, -0.05) is 25.4 Å². The zero-order valence-corrected chi connectivity index (χ0v) is 13.7. The first-order valence-electron chi connectivity index (χ1n) is 7.28. The highest BCUT2D eigenvalue weighted by molar-refractivity contribution is 6.30. The summed E-state index contributed by atoms with van der Waals surface area (Å²) in [6.45, 7) is 4.09. The van der Waals surface area contributed by atoms with E-state index in [1.807, 2.05) is 13.8 Å². The molecule has 0 radical (unpaired) electrons. The quantitative estimate of drug-likeness (QED) is 0.756. The number of hydrogen-bond acceptors (Lipinski definition) is 3. The molecule has 0 fully saturated rings. The average molecular weight is 335 g/mol. The molecule has 1 atom stereocenters. The Labute approximate surface area is 139 Å². The third kappa shape index (κ3) is 4.82. The van der Waals surface area contributed by atoms with Gasteiger partial charge in [-0.25, -0.2) is 4.98 Å². The maximum Gasteiger partial charge on any atom is 0.251 e. The molecule has 2 amide bonds. The standard InChI is InChI=1S/C16H19ClN4O2/c1-10(2)14(16(23)19-8-13-7-18-9-20-13)21-15(22)11-3-5-12(17)6-4-11/h3-7,9-10,14H,8H2,1-2H3,(H,18,20)(H,19,23)(H,21,22)/t14-/m1/s1. The first-order chi connectivity index (χ1) is 11.0. The monoisotopic (exact) mass is 334 g/mol. The van der Waals surface area contributed by atoms with Crippen LogP contribution in [0.25, 0.3) is 0 Å². The summed E-state index contributed by atoms with van der Waals surface area (Å²) >= 11 is 5.81. The number of amides is 2. The molecule has 0 aliphatic heterocycles. The van der Waals surface area contributed by atoms with Gasteiger partial charge in [0.15, 0.2) is 0 Å². The molecule has 2 rings (SSSR count). The summed E-state index contributed by atoms with van der Waals surface area (Å²) in [4.78, 5) is 31.4. The second-order valence-electron chi connectivity index (χ2n) is 5.50. The molecule has 122 valence electrons. The van der Waals surface area contributed by atoms with E-state index in [1.165, 1.54) is 0 Å². The van der Waals surface area contributed by atoms with Crippen molar-refractivity contribution >= 4 is 23.4 Å². The van der Waals surface area contributed by atoms with E-state index in [4.69, 9.17) is 11.6 Å². The van der Waals surface area contributed by atoms with Crippen LogP contribution in [0.15, 0.2) is 36.8 Å². The van der Waals surface area contributed by atoms with Crippen molar-refractivity contribution in [2.24, 2.45) is 5.92 Å². The van der Waals surface area contributed by atoms with Gasteiger partial charge in [-0.2, -0.15) is 0 Å². The Morgan fingerprint density at radius 1 is 1.26 bits per heavy atom. The largest absolute Gasteiger partial charge is 0.349 e. The van der Waals surface area contributed by atoms with E-state index >= 15 is 0 Å². The number of carbonyl (C=O) groups excluding carboxylic acids is 2. The molecule has 0 saturated heterocycles. The van der Waals surface area contributed by atoms with E-state index in [9.17, 15) is 9.59 Å². The summed E-state index contributed by atoms with van der Waals surface area (Å²) in [5, 5.41) is 6.10. The maximum absolute atomic E-state index is 12.3. The number of carbonyl (C=O) groups is 2. The average Bonchev–Trinajstić information content (AvgIpc) is 3.03. The van der Waals surface area contributed by atoms with Crippen LogP contribution in [0, 0.1) is 5.92 Å². The second-order valence-corrected chi connectivity index (χ2v) is 5.93. The van der Waals surface area contributed by atoms with Gasteiger partial charge in [0.25, 0.3) is 5.91 Å². The van der Waals surface area contributed by atoms with Gasteiger partial charge in [0.1, 0.15) is 6.04 Å². The molecule has 0 spiro atoms. The van der Waals surface area contributed by atoms with E-state index in [1.54, 1.807) is 36.8 Å². The Morgan fingerprint density at radius 2 is 1.96 bits per heavy atom. The molecule has 23 heavy (non-hydrogen) atoms. The highest BCUT2D eigenvalue weighted by Gasteiger charge is 2.24. The van der Waals surface area contributed by atoms with Crippen LogP contribution in [0.2, 0.25) is 5.02 Å². The number of nitrogens with zero attached hydrogens (tertiary/aromatic N) is 1. The van der Waals surface area contributed by atoms with Crippen LogP contribution in [-0.4, -0.2) is 27.8 Å². The van der Waals surface area contributed by atoms with Crippen LogP contribution >= 0.6 is 11.6 Å². The SMILES string of the molecule is CC(C)[C@@H](NC(=O)c1ccc(Cl)cc1)C(=O)NCc1cnc[nH]1. The fraction of sp³-hybridized carbons (Fsp3) is 0.312.